The van der Waals surface area contributed by atoms with E-state index < -0.39 is 0 Å². The summed E-state index contributed by atoms with van der Waals surface area (Å²) in [7, 11) is 0. The Balaban J connectivity index is 1.46. The molecule has 2 heterocycles. The van der Waals surface area contributed by atoms with Gasteiger partial charge < -0.3 is 14.7 Å². The molecule has 0 saturated heterocycles. The molecule has 4 nitrogen and oxygen atoms in total. The molecule has 24 heavy (non-hydrogen) atoms. The summed E-state index contributed by atoms with van der Waals surface area (Å²) in [5.41, 5.74) is 4.26. The predicted molar refractivity (Wildman–Crippen MR) is 95.3 cm³/mol. The first kappa shape index (κ1) is 14.6. The molecular formula is C20H18N2O2. The fourth-order valence-electron chi connectivity index (χ4n) is 3.14. The maximum absolute atomic E-state index is 12.3. The fourth-order valence-corrected chi connectivity index (χ4v) is 3.14. The Morgan fingerprint density at radius 2 is 1.92 bits per heavy atom. The van der Waals surface area contributed by atoms with Gasteiger partial charge in [-0.1, -0.05) is 36.4 Å². The Hall–Kier alpha value is -3.01. The van der Waals surface area contributed by atoms with Crippen LogP contribution in [0.2, 0.25) is 0 Å². The molecule has 120 valence electrons. The highest BCUT2D eigenvalue weighted by Gasteiger charge is 2.12. The van der Waals surface area contributed by atoms with Crippen LogP contribution in [0.1, 0.15) is 21.8 Å². The zero-order valence-corrected chi connectivity index (χ0v) is 13.4. The molecule has 4 aromatic rings. The number of aryl methyl sites for hydroxylation is 1. The minimum atomic E-state index is -0.177. The molecule has 0 atom stereocenters. The maximum atomic E-state index is 12.3. The van der Waals surface area contributed by atoms with E-state index in [1.807, 2.05) is 36.4 Å². The number of furan rings is 1. The van der Waals surface area contributed by atoms with Crippen molar-refractivity contribution in [2.75, 3.05) is 6.54 Å². The summed E-state index contributed by atoms with van der Waals surface area (Å²) in [6.07, 6.45) is 0.780. The second-order valence-corrected chi connectivity index (χ2v) is 5.93. The van der Waals surface area contributed by atoms with E-state index in [9.17, 15) is 4.79 Å². The van der Waals surface area contributed by atoms with E-state index in [2.05, 4.69) is 29.4 Å². The van der Waals surface area contributed by atoms with E-state index in [4.69, 9.17) is 4.42 Å². The van der Waals surface area contributed by atoms with Gasteiger partial charge in [0.25, 0.3) is 5.91 Å². The molecule has 0 unspecified atom stereocenters. The van der Waals surface area contributed by atoms with Crippen LogP contribution in [-0.4, -0.2) is 17.4 Å². The smallest absolute Gasteiger partial charge is 0.287 e. The summed E-state index contributed by atoms with van der Waals surface area (Å²) in [6, 6.07) is 17.6. The van der Waals surface area contributed by atoms with Crippen LogP contribution in [0.4, 0.5) is 0 Å². The third-order valence-corrected chi connectivity index (χ3v) is 4.34. The molecule has 0 aliphatic carbocycles. The van der Waals surface area contributed by atoms with Crippen molar-refractivity contribution in [2.45, 2.75) is 13.3 Å². The number of carbonyl (C=O) groups is 1. The van der Waals surface area contributed by atoms with Crippen LogP contribution in [-0.2, 0) is 6.42 Å². The second-order valence-electron chi connectivity index (χ2n) is 5.93. The third kappa shape index (κ3) is 2.56. The molecule has 0 spiro atoms. The molecule has 0 bridgehead atoms. The number of H-pyrrole nitrogens is 1. The molecule has 0 aliphatic heterocycles. The first-order chi connectivity index (χ1) is 11.7. The number of aromatic amines is 1. The monoisotopic (exact) mass is 318 g/mol. The van der Waals surface area contributed by atoms with E-state index in [0.717, 1.165) is 28.6 Å². The van der Waals surface area contributed by atoms with Gasteiger partial charge in [0.05, 0.1) is 0 Å². The van der Waals surface area contributed by atoms with Crippen molar-refractivity contribution in [3.8, 4) is 0 Å². The van der Waals surface area contributed by atoms with Gasteiger partial charge in [0, 0.05) is 28.5 Å². The number of hydrogen-bond donors (Lipinski definition) is 2. The lowest BCUT2D eigenvalue weighted by Gasteiger charge is -2.04. The molecule has 0 radical (unpaired) electrons. The molecule has 0 fully saturated rings. The van der Waals surface area contributed by atoms with Crippen molar-refractivity contribution in [2.24, 2.45) is 0 Å². The average molecular weight is 318 g/mol. The fraction of sp³-hybridized carbons (Fsp3) is 0.150. The number of amides is 1. The molecule has 2 N–H and O–H groups in total. The summed E-state index contributed by atoms with van der Waals surface area (Å²) < 4.78 is 5.59. The van der Waals surface area contributed by atoms with Crippen molar-refractivity contribution in [1.82, 2.24) is 10.3 Å². The minimum absolute atomic E-state index is 0.177. The van der Waals surface area contributed by atoms with Crippen molar-refractivity contribution in [1.29, 1.82) is 0 Å². The number of carbonyl (C=O) groups excluding carboxylic acids is 1. The van der Waals surface area contributed by atoms with Crippen LogP contribution in [0.5, 0.6) is 0 Å². The van der Waals surface area contributed by atoms with E-state index in [1.165, 1.54) is 10.9 Å². The Bertz CT molecular complexity index is 993. The molecule has 0 aliphatic rings. The van der Waals surface area contributed by atoms with Crippen LogP contribution >= 0.6 is 0 Å². The summed E-state index contributed by atoms with van der Waals surface area (Å²) in [5.74, 6) is 0.176. The summed E-state index contributed by atoms with van der Waals surface area (Å²) in [5, 5.41) is 5.10. The standard InChI is InChI=1S/C20H18N2O2/c1-13-15(16-7-3-4-8-17(16)22-13)10-11-21-20(23)19-12-14-6-2-5-9-18(14)24-19/h2-9,12,22H,10-11H2,1H3,(H,21,23). The summed E-state index contributed by atoms with van der Waals surface area (Å²) in [6.45, 7) is 2.63. The number of rotatable bonds is 4. The second kappa shape index (κ2) is 5.89. The van der Waals surface area contributed by atoms with Gasteiger partial charge in [0.2, 0.25) is 0 Å². The Morgan fingerprint density at radius 3 is 2.79 bits per heavy atom. The van der Waals surface area contributed by atoms with Crippen molar-refractivity contribution < 1.29 is 9.21 Å². The lowest BCUT2D eigenvalue weighted by atomic mass is 10.1. The quantitative estimate of drug-likeness (QED) is 0.592. The van der Waals surface area contributed by atoms with Crippen LogP contribution in [0.15, 0.2) is 59.0 Å². The highest BCUT2D eigenvalue weighted by atomic mass is 16.3. The van der Waals surface area contributed by atoms with Gasteiger partial charge >= 0.3 is 0 Å². The molecule has 4 heteroatoms. The molecule has 4 rings (SSSR count). The zero-order chi connectivity index (χ0) is 16.5. The number of hydrogen-bond acceptors (Lipinski definition) is 2. The number of fused-ring (bicyclic) bond motifs is 2. The average Bonchev–Trinajstić information content (AvgIpc) is 3.16. The van der Waals surface area contributed by atoms with Gasteiger partial charge in [-0.05, 0) is 37.1 Å². The Labute approximate surface area is 139 Å². The normalized spacial score (nSPS) is 11.2. The SMILES string of the molecule is Cc1[nH]c2ccccc2c1CCNC(=O)c1cc2ccccc2o1. The van der Waals surface area contributed by atoms with Crippen molar-refractivity contribution >= 4 is 27.8 Å². The van der Waals surface area contributed by atoms with Gasteiger partial charge in [-0.15, -0.1) is 0 Å². The lowest BCUT2D eigenvalue weighted by Crippen LogP contribution is -2.25. The highest BCUT2D eigenvalue weighted by molar-refractivity contribution is 5.96. The minimum Gasteiger partial charge on any atom is -0.451 e. The van der Waals surface area contributed by atoms with Gasteiger partial charge in [0.1, 0.15) is 5.58 Å². The predicted octanol–water partition coefficient (Wildman–Crippen LogP) is 4.20. The summed E-state index contributed by atoms with van der Waals surface area (Å²) in [4.78, 5) is 15.7. The van der Waals surface area contributed by atoms with Gasteiger partial charge in [-0.25, -0.2) is 0 Å². The molecule has 2 aromatic heterocycles. The van der Waals surface area contributed by atoms with Gasteiger partial charge in [-0.2, -0.15) is 0 Å². The third-order valence-electron chi connectivity index (χ3n) is 4.34. The van der Waals surface area contributed by atoms with E-state index in [-0.39, 0.29) is 5.91 Å². The Morgan fingerprint density at radius 1 is 1.12 bits per heavy atom. The van der Waals surface area contributed by atoms with Crippen molar-refractivity contribution in [3.05, 3.63) is 71.6 Å². The molecular weight excluding hydrogens is 300 g/mol. The molecule has 0 saturated carbocycles. The topological polar surface area (TPSA) is 58.0 Å². The lowest BCUT2D eigenvalue weighted by molar-refractivity contribution is 0.0928. The Kier molecular flexibility index (Phi) is 3.58. The summed E-state index contributed by atoms with van der Waals surface area (Å²) >= 11 is 0. The van der Waals surface area contributed by atoms with Crippen LogP contribution < -0.4 is 5.32 Å². The van der Waals surface area contributed by atoms with E-state index >= 15 is 0 Å². The number of benzene rings is 2. The highest BCUT2D eigenvalue weighted by Crippen LogP contribution is 2.22. The number of para-hydroxylation sites is 2. The van der Waals surface area contributed by atoms with E-state index in [0.29, 0.717) is 12.3 Å². The van der Waals surface area contributed by atoms with Crippen LogP contribution in [0.25, 0.3) is 21.9 Å². The largest absolute Gasteiger partial charge is 0.451 e. The first-order valence-corrected chi connectivity index (χ1v) is 8.05. The maximum Gasteiger partial charge on any atom is 0.287 e. The van der Waals surface area contributed by atoms with Gasteiger partial charge in [0.15, 0.2) is 5.76 Å². The van der Waals surface area contributed by atoms with E-state index in [1.54, 1.807) is 6.07 Å². The van der Waals surface area contributed by atoms with Crippen LogP contribution in [0.3, 0.4) is 0 Å². The van der Waals surface area contributed by atoms with Crippen molar-refractivity contribution in [3.63, 3.8) is 0 Å². The number of nitrogens with one attached hydrogen (secondary N) is 2. The molecule has 2 aromatic carbocycles. The molecule has 1 amide bonds. The number of aromatic nitrogens is 1. The zero-order valence-electron chi connectivity index (χ0n) is 13.4. The van der Waals surface area contributed by atoms with Gasteiger partial charge in [-0.3, -0.25) is 4.79 Å². The first-order valence-electron chi connectivity index (χ1n) is 8.05. The van der Waals surface area contributed by atoms with Crippen LogP contribution in [0, 0.1) is 6.92 Å².